The highest BCUT2D eigenvalue weighted by atomic mass is 32.2. The Kier molecular flexibility index (Phi) is 8.03. The number of carbonyl (C=O) groups is 2. The predicted octanol–water partition coefficient (Wildman–Crippen LogP) is 3.05. The zero-order valence-corrected chi connectivity index (χ0v) is 21.5. The van der Waals surface area contributed by atoms with Crippen molar-refractivity contribution < 1.29 is 27.5 Å². The molecule has 1 aliphatic carbocycles. The Morgan fingerprint density at radius 1 is 1.06 bits per heavy atom. The Labute approximate surface area is 212 Å². The van der Waals surface area contributed by atoms with Crippen LogP contribution in [-0.2, 0) is 26.2 Å². The topological polar surface area (TPSA) is 105 Å². The van der Waals surface area contributed by atoms with Crippen LogP contribution in [0.2, 0.25) is 0 Å². The lowest BCUT2D eigenvalue weighted by atomic mass is 10.1. The molecule has 1 fully saturated rings. The summed E-state index contributed by atoms with van der Waals surface area (Å²) in [4.78, 5) is 28.5. The van der Waals surface area contributed by atoms with Crippen molar-refractivity contribution in [2.75, 3.05) is 23.9 Å². The average Bonchev–Trinajstić information content (AvgIpc) is 3.53. The second kappa shape index (κ2) is 11.2. The number of rotatable bonds is 10. The van der Waals surface area contributed by atoms with Gasteiger partial charge in [-0.3, -0.25) is 13.9 Å². The van der Waals surface area contributed by atoms with E-state index in [0.29, 0.717) is 23.6 Å². The third kappa shape index (κ3) is 6.10. The summed E-state index contributed by atoms with van der Waals surface area (Å²) in [6, 6.07) is 13.5. The predicted molar refractivity (Wildman–Crippen MR) is 136 cm³/mol. The molecule has 2 aromatic carbocycles. The minimum atomic E-state index is -3.82. The van der Waals surface area contributed by atoms with Gasteiger partial charge in [-0.15, -0.1) is 0 Å². The molecule has 10 heteroatoms. The van der Waals surface area contributed by atoms with E-state index in [9.17, 15) is 18.0 Å². The summed E-state index contributed by atoms with van der Waals surface area (Å²) in [5, 5.41) is 3.10. The highest BCUT2D eigenvalue weighted by Gasteiger charge is 2.33. The summed E-state index contributed by atoms with van der Waals surface area (Å²) in [7, 11) is -3.82. The van der Waals surface area contributed by atoms with Crippen molar-refractivity contribution >= 4 is 27.5 Å². The van der Waals surface area contributed by atoms with E-state index in [4.69, 9.17) is 9.47 Å². The van der Waals surface area contributed by atoms with Crippen LogP contribution in [0.5, 0.6) is 11.5 Å². The molecule has 0 spiro atoms. The molecule has 1 aliphatic heterocycles. The maximum Gasteiger partial charge on any atom is 0.244 e. The zero-order chi connectivity index (χ0) is 25.7. The van der Waals surface area contributed by atoms with Crippen LogP contribution in [0, 0.1) is 0 Å². The van der Waals surface area contributed by atoms with Crippen LogP contribution in [0.25, 0.3) is 0 Å². The quantitative estimate of drug-likeness (QED) is 0.522. The third-order valence-electron chi connectivity index (χ3n) is 6.61. The average molecular weight is 516 g/mol. The number of fused-ring (bicyclic) bond motifs is 1. The maximum atomic E-state index is 13.7. The Bertz CT molecular complexity index is 1180. The minimum absolute atomic E-state index is 0.0513. The lowest BCUT2D eigenvalue weighted by Gasteiger charge is -2.33. The number of hydrogen-bond acceptors (Lipinski definition) is 6. The van der Waals surface area contributed by atoms with Crippen LogP contribution in [-0.4, -0.2) is 56.8 Å². The van der Waals surface area contributed by atoms with Gasteiger partial charge in [0.15, 0.2) is 11.5 Å². The minimum Gasteiger partial charge on any atom is -0.454 e. The summed E-state index contributed by atoms with van der Waals surface area (Å²) >= 11 is 0. The fraction of sp³-hybridized carbons (Fsp3) is 0.462. The Morgan fingerprint density at radius 3 is 2.42 bits per heavy atom. The molecule has 1 unspecified atom stereocenters. The normalized spacial score (nSPS) is 15.9. The molecule has 1 heterocycles. The molecule has 9 nitrogen and oxygen atoms in total. The van der Waals surface area contributed by atoms with E-state index in [1.165, 1.54) is 4.90 Å². The highest BCUT2D eigenvalue weighted by molar-refractivity contribution is 7.92. The summed E-state index contributed by atoms with van der Waals surface area (Å²) in [5.41, 5.74) is 1.14. The molecular formula is C26H33N3O6S. The molecule has 0 bridgehead atoms. The van der Waals surface area contributed by atoms with Crippen LogP contribution in [0.4, 0.5) is 5.69 Å². The molecule has 1 atom stereocenters. The monoisotopic (exact) mass is 515 g/mol. The first-order valence-electron chi connectivity index (χ1n) is 12.3. The van der Waals surface area contributed by atoms with E-state index in [2.05, 4.69) is 5.32 Å². The van der Waals surface area contributed by atoms with Gasteiger partial charge in [0.2, 0.25) is 28.6 Å². The smallest absolute Gasteiger partial charge is 0.244 e. The van der Waals surface area contributed by atoms with Crippen LogP contribution in [0.3, 0.4) is 0 Å². The first-order valence-corrected chi connectivity index (χ1v) is 14.1. The standard InChI is InChI=1S/C26H33N3O6S/c1-3-22(26(31)27-20-11-7-8-12-20)28(16-19-9-5-4-6-10-19)25(30)17-29(36(2,32)33)21-13-14-23-24(15-21)35-18-34-23/h4-6,9-10,13-15,20,22H,3,7-8,11-12,16-18H2,1-2H3,(H,27,31). The van der Waals surface area contributed by atoms with E-state index in [0.717, 1.165) is 41.8 Å². The molecule has 1 N–H and O–H groups in total. The van der Waals surface area contributed by atoms with Crippen molar-refractivity contribution in [2.45, 2.75) is 57.7 Å². The van der Waals surface area contributed by atoms with Gasteiger partial charge in [0.05, 0.1) is 11.9 Å². The van der Waals surface area contributed by atoms with Gasteiger partial charge >= 0.3 is 0 Å². The molecule has 0 saturated heterocycles. The van der Waals surface area contributed by atoms with Crippen molar-refractivity contribution in [1.82, 2.24) is 10.2 Å². The molecule has 2 aliphatic rings. The molecule has 2 amide bonds. The number of sulfonamides is 1. The largest absolute Gasteiger partial charge is 0.454 e. The summed E-state index contributed by atoms with van der Waals surface area (Å²) in [5.74, 6) is 0.258. The van der Waals surface area contributed by atoms with Crippen LogP contribution in [0.1, 0.15) is 44.6 Å². The highest BCUT2D eigenvalue weighted by Crippen LogP contribution is 2.36. The van der Waals surface area contributed by atoms with Gasteiger partial charge in [0, 0.05) is 18.7 Å². The Morgan fingerprint density at radius 2 is 1.75 bits per heavy atom. The molecule has 1 saturated carbocycles. The van der Waals surface area contributed by atoms with Gasteiger partial charge < -0.3 is 19.7 Å². The number of amides is 2. The number of benzene rings is 2. The molecule has 4 rings (SSSR count). The summed E-state index contributed by atoms with van der Waals surface area (Å²) in [6.07, 6.45) is 5.47. The van der Waals surface area contributed by atoms with Crippen LogP contribution in [0.15, 0.2) is 48.5 Å². The molecule has 0 radical (unpaired) electrons. The van der Waals surface area contributed by atoms with E-state index in [-0.39, 0.29) is 25.3 Å². The van der Waals surface area contributed by atoms with Crippen molar-refractivity contribution in [2.24, 2.45) is 0 Å². The molecule has 36 heavy (non-hydrogen) atoms. The van der Waals surface area contributed by atoms with Crippen LogP contribution < -0.4 is 19.1 Å². The van der Waals surface area contributed by atoms with E-state index in [1.54, 1.807) is 18.2 Å². The van der Waals surface area contributed by atoms with Crippen LogP contribution >= 0.6 is 0 Å². The van der Waals surface area contributed by atoms with Crippen molar-refractivity contribution in [3.8, 4) is 11.5 Å². The molecule has 194 valence electrons. The number of nitrogens with one attached hydrogen (secondary N) is 1. The first kappa shape index (κ1) is 25.8. The van der Waals surface area contributed by atoms with E-state index >= 15 is 0 Å². The van der Waals surface area contributed by atoms with E-state index in [1.807, 2.05) is 37.3 Å². The number of ether oxygens (including phenoxy) is 2. The SMILES string of the molecule is CCC(C(=O)NC1CCCC1)N(Cc1ccccc1)C(=O)CN(c1ccc2c(c1)OCO2)S(C)(=O)=O. The number of hydrogen-bond donors (Lipinski definition) is 1. The van der Waals surface area contributed by atoms with E-state index < -0.39 is 28.5 Å². The molecular weight excluding hydrogens is 482 g/mol. The maximum absolute atomic E-state index is 13.7. The third-order valence-corrected chi connectivity index (χ3v) is 7.75. The molecule has 0 aromatic heterocycles. The second-order valence-corrected chi connectivity index (χ2v) is 11.1. The second-order valence-electron chi connectivity index (χ2n) is 9.23. The van der Waals surface area contributed by atoms with Gasteiger partial charge in [0.1, 0.15) is 12.6 Å². The zero-order valence-electron chi connectivity index (χ0n) is 20.7. The molecule has 2 aromatic rings. The summed E-state index contributed by atoms with van der Waals surface area (Å²) in [6.45, 7) is 1.65. The Balaban J connectivity index is 1.61. The first-order chi connectivity index (χ1) is 17.3. The fourth-order valence-electron chi connectivity index (χ4n) is 4.72. The van der Waals surface area contributed by atoms with Gasteiger partial charge in [-0.25, -0.2) is 8.42 Å². The van der Waals surface area contributed by atoms with Crippen molar-refractivity contribution in [3.05, 3.63) is 54.1 Å². The lowest BCUT2D eigenvalue weighted by molar-refractivity contribution is -0.140. The summed E-state index contributed by atoms with van der Waals surface area (Å²) < 4.78 is 37.3. The van der Waals surface area contributed by atoms with Gasteiger partial charge in [-0.05, 0) is 37.0 Å². The number of nitrogens with zero attached hydrogens (tertiary/aromatic N) is 2. The Hall–Kier alpha value is -3.27. The number of anilines is 1. The fourth-order valence-corrected chi connectivity index (χ4v) is 5.56. The van der Waals surface area contributed by atoms with Gasteiger partial charge in [0.25, 0.3) is 0 Å². The van der Waals surface area contributed by atoms with Gasteiger partial charge in [-0.2, -0.15) is 0 Å². The number of carbonyl (C=O) groups excluding carboxylic acids is 2. The lowest BCUT2D eigenvalue weighted by Crippen LogP contribution is -2.53. The van der Waals surface area contributed by atoms with Gasteiger partial charge in [-0.1, -0.05) is 50.1 Å². The van der Waals surface area contributed by atoms with Crippen molar-refractivity contribution in [1.29, 1.82) is 0 Å². The van der Waals surface area contributed by atoms with Crippen molar-refractivity contribution in [3.63, 3.8) is 0 Å².